The molecule has 1 amide bonds. The van der Waals surface area contributed by atoms with E-state index >= 15 is 0 Å². The van der Waals surface area contributed by atoms with E-state index in [4.69, 9.17) is 4.74 Å². The lowest BCUT2D eigenvalue weighted by Gasteiger charge is -2.09. The van der Waals surface area contributed by atoms with Crippen LogP contribution in [0.15, 0.2) is 79.0 Å². The Morgan fingerprint density at radius 2 is 1.80 bits per heavy atom. The van der Waals surface area contributed by atoms with Crippen LogP contribution in [0.5, 0.6) is 0 Å². The third-order valence-electron chi connectivity index (χ3n) is 4.70. The molecule has 0 aliphatic rings. The standard InChI is InChI=1S/C24H21N3O3/c1-2-30-24(29)22-13-14-27(26-22)20-11-6-10-19(16-20)25-23(28)15-18-9-5-8-17-7-3-4-12-21(17)18/h3-14,16H,2,15H2,1H3,(H,25,28). The number of fused-ring (bicyclic) bond motifs is 1. The molecule has 1 heterocycles. The van der Waals surface area contributed by atoms with Gasteiger partial charge in [-0.3, -0.25) is 4.79 Å². The maximum Gasteiger partial charge on any atom is 0.358 e. The molecule has 0 atom stereocenters. The highest BCUT2D eigenvalue weighted by Crippen LogP contribution is 2.20. The predicted octanol–water partition coefficient (Wildman–Crippen LogP) is 4.38. The van der Waals surface area contributed by atoms with Gasteiger partial charge < -0.3 is 10.1 Å². The highest BCUT2D eigenvalue weighted by atomic mass is 16.5. The fraction of sp³-hybridized carbons (Fsp3) is 0.125. The Bertz CT molecular complexity index is 1210. The summed E-state index contributed by atoms with van der Waals surface area (Å²) in [6, 6.07) is 22.9. The summed E-state index contributed by atoms with van der Waals surface area (Å²) in [5.41, 5.74) is 2.61. The molecule has 30 heavy (non-hydrogen) atoms. The van der Waals surface area contributed by atoms with Crippen molar-refractivity contribution in [2.45, 2.75) is 13.3 Å². The lowest BCUT2D eigenvalue weighted by molar-refractivity contribution is -0.115. The molecule has 6 heteroatoms. The second-order valence-electron chi connectivity index (χ2n) is 6.78. The van der Waals surface area contributed by atoms with Crippen LogP contribution in [0.2, 0.25) is 0 Å². The van der Waals surface area contributed by atoms with Gasteiger partial charge >= 0.3 is 5.97 Å². The van der Waals surface area contributed by atoms with Crippen molar-refractivity contribution < 1.29 is 14.3 Å². The SMILES string of the molecule is CCOC(=O)c1ccn(-c2cccc(NC(=O)Cc3cccc4ccccc34)c2)n1. The van der Waals surface area contributed by atoms with Crippen LogP contribution in [-0.4, -0.2) is 28.3 Å². The Morgan fingerprint density at radius 3 is 2.67 bits per heavy atom. The summed E-state index contributed by atoms with van der Waals surface area (Å²) in [5.74, 6) is -0.563. The van der Waals surface area contributed by atoms with E-state index in [-0.39, 0.29) is 18.0 Å². The van der Waals surface area contributed by atoms with Crippen molar-refractivity contribution in [3.05, 3.63) is 90.3 Å². The van der Waals surface area contributed by atoms with Gasteiger partial charge in [-0.2, -0.15) is 5.10 Å². The maximum atomic E-state index is 12.6. The second-order valence-corrected chi connectivity index (χ2v) is 6.78. The fourth-order valence-corrected chi connectivity index (χ4v) is 3.33. The molecule has 0 aliphatic carbocycles. The van der Waals surface area contributed by atoms with E-state index in [1.165, 1.54) is 0 Å². The Kier molecular flexibility index (Phi) is 5.57. The summed E-state index contributed by atoms with van der Waals surface area (Å²) in [6.07, 6.45) is 1.96. The number of nitrogens with one attached hydrogen (secondary N) is 1. The van der Waals surface area contributed by atoms with Crippen molar-refractivity contribution >= 4 is 28.3 Å². The average molecular weight is 399 g/mol. The Morgan fingerprint density at radius 1 is 1.00 bits per heavy atom. The van der Waals surface area contributed by atoms with Gasteiger partial charge in [-0.15, -0.1) is 0 Å². The van der Waals surface area contributed by atoms with E-state index in [0.717, 1.165) is 22.0 Å². The number of ether oxygens (including phenoxy) is 1. The molecule has 0 fully saturated rings. The summed E-state index contributed by atoms with van der Waals surface area (Å²) >= 11 is 0. The smallest absolute Gasteiger partial charge is 0.358 e. The molecule has 4 rings (SSSR count). The van der Waals surface area contributed by atoms with Crippen molar-refractivity contribution in [1.82, 2.24) is 9.78 Å². The summed E-state index contributed by atoms with van der Waals surface area (Å²) in [5, 5.41) is 9.38. The number of aromatic nitrogens is 2. The Balaban J connectivity index is 1.49. The zero-order chi connectivity index (χ0) is 20.9. The maximum absolute atomic E-state index is 12.6. The average Bonchev–Trinajstić information content (AvgIpc) is 3.25. The van der Waals surface area contributed by atoms with Gasteiger partial charge in [0, 0.05) is 11.9 Å². The number of amides is 1. The predicted molar refractivity (Wildman–Crippen MR) is 116 cm³/mol. The number of rotatable bonds is 6. The van der Waals surface area contributed by atoms with Crippen LogP contribution in [-0.2, 0) is 16.0 Å². The summed E-state index contributed by atoms with van der Waals surface area (Å²) in [6.45, 7) is 2.04. The van der Waals surface area contributed by atoms with Crippen LogP contribution in [0.3, 0.4) is 0 Å². The molecular formula is C24H21N3O3. The molecule has 0 saturated carbocycles. The molecule has 1 N–H and O–H groups in total. The molecule has 1 aromatic heterocycles. The van der Waals surface area contributed by atoms with Crippen molar-refractivity contribution in [1.29, 1.82) is 0 Å². The zero-order valence-corrected chi connectivity index (χ0v) is 16.5. The van der Waals surface area contributed by atoms with Gasteiger partial charge in [0.15, 0.2) is 5.69 Å². The van der Waals surface area contributed by atoms with Crippen LogP contribution in [0.1, 0.15) is 23.0 Å². The second kappa shape index (κ2) is 8.61. The van der Waals surface area contributed by atoms with Gasteiger partial charge in [0.25, 0.3) is 0 Å². The minimum atomic E-state index is -0.462. The first kappa shape index (κ1) is 19.4. The quantitative estimate of drug-likeness (QED) is 0.488. The fourth-order valence-electron chi connectivity index (χ4n) is 3.33. The van der Waals surface area contributed by atoms with Crippen molar-refractivity contribution in [2.24, 2.45) is 0 Å². The number of nitrogens with zero attached hydrogens (tertiary/aromatic N) is 2. The number of carbonyl (C=O) groups is 2. The number of anilines is 1. The number of hydrogen-bond acceptors (Lipinski definition) is 4. The lowest BCUT2D eigenvalue weighted by atomic mass is 10.0. The highest BCUT2D eigenvalue weighted by molar-refractivity contribution is 5.96. The Labute approximate surface area is 174 Å². The number of hydrogen-bond donors (Lipinski definition) is 1. The monoisotopic (exact) mass is 399 g/mol. The number of carbonyl (C=O) groups excluding carboxylic acids is 2. The largest absolute Gasteiger partial charge is 0.461 e. The Hall–Kier alpha value is -3.93. The summed E-state index contributed by atoms with van der Waals surface area (Å²) in [7, 11) is 0. The van der Waals surface area contributed by atoms with Crippen LogP contribution >= 0.6 is 0 Å². The van der Waals surface area contributed by atoms with Crippen LogP contribution in [0, 0.1) is 0 Å². The van der Waals surface area contributed by atoms with E-state index in [0.29, 0.717) is 12.3 Å². The third kappa shape index (κ3) is 4.22. The van der Waals surface area contributed by atoms with Gasteiger partial charge in [-0.1, -0.05) is 48.5 Å². The lowest BCUT2D eigenvalue weighted by Crippen LogP contribution is -2.14. The number of benzene rings is 3. The highest BCUT2D eigenvalue weighted by Gasteiger charge is 2.12. The molecule has 4 aromatic rings. The first-order valence-corrected chi connectivity index (χ1v) is 9.74. The van der Waals surface area contributed by atoms with Crippen LogP contribution in [0.4, 0.5) is 5.69 Å². The summed E-state index contributed by atoms with van der Waals surface area (Å²) in [4.78, 5) is 24.5. The van der Waals surface area contributed by atoms with Gasteiger partial charge in [-0.25, -0.2) is 9.48 Å². The normalized spacial score (nSPS) is 10.7. The van der Waals surface area contributed by atoms with Crippen molar-refractivity contribution in [3.63, 3.8) is 0 Å². The molecule has 3 aromatic carbocycles. The third-order valence-corrected chi connectivity index (χ3v) is 4.70. The van der Waals surface area contributed by atoms with Gasteiger partial charge in [0.1, 0.15) is 0 Å². The van der Waals surface area contributed by atoms with E-state index in [9.17, 15) is 9.59 Å². The molecule has 0 aliphatic heterocycles. The molecule has 6 nitrogen and oxygen atoms in total. The minimum Gasteiger partial charge on any atom is -0.461 e. The molecule has 0 unspecified atom stereocenters. The minimum absolute atomic E-state index is 0.101. The number of esters is 1. The van der Waals surface area contributed by atoms with E-state index in [1.807, 2.05) is 66.7 Å². The molecule has 0 bridgehead atoms. The van der Waals surface area contributed by atoms with Crippen molar-refractivity contribution in [2.75, 3.05) is 11.9 Å². The molecular weight excluding hydrogens is 378 g/mol. The van der Waals surface area contributed by atoms with E-state index in [2.05, 4.69) is 10.4 Å². The molecule has 0 radical (unpaired) electrons. The molecule has 0 spiro atoms. The topological polar surface area (TPSA) is 73.2 Å². The van der Waals surface area contributed by atoms with E-state index < -0.39 is 5.97 Å². The molecule has 0 saturated heterocycles. The first-order valence-electron chi connectivity index (χ1n) is 9.74. The van der Waals surface area contributed by atoms with E-state index in [1.54, 1.807) is 23.9 Å². The zero-order valence-electron chi connectivity index (χ0n) is 16.5. The van der Waals surface area contributed by atoms with Gasteiger partial charge in [0.05, 0.1) is 18.7 Å². The molecule has 150 valence electrons. The summed E-state index contributed by atoms with van der Waals surface area (Å²) < 4.78 is 6.54. The van der Waals surface area contributed by atoms with Crippen LogP contribution in [0.25, 0.3) is 16.5 Å². The van der Waals surface area contributed by atoms with Gasteiger partial charge in [0.2, 0.25) is 5.91 Å². The van der Waals surface area contributed by atoms with Gasteiger partial charge in [-0.05, 0) is 47.5 Å². The van der Waals surface area contributed by atoms with Crippen LogP contribution < -0.4 is 5.32 Å². The first-order chi connectivity index (χ1) is 14.6. The van der Waals surface area contributed by atoms with Crippen molar-refractivity contribution in [3.8, 4) is 5.69 Å².